The molecule has 0 radical (unpaired) electrons. The molecule has 3 heterocycles. The van der Waals surface area contributed by atoms with Crippen molar-refractivity contribution in [2.75, 3.05) is 26.8 Å². The van der Waals surface area contributed by atoms with Gasteiger partial charge in [-0.2, -0.15) is 0 Å². The maximum absolute atomic E-state index is 13.2. The van der Waals surface area contributed by atoms with Gasteiger partial charge >= 0.3 is 12.1 Å². The second-order valence-electron chi connectivity index (χ2n) is 13.3. The van der Waals surface area contributed by atoms with Gasteiger partial charge in [0.2, 0.25) is 0 Å². The van der Waals surface area contributed by atoms with E-state index in [9.17, 15) is 9.59 Å². The Hall–Kier alpha value is -3.70. The molecule has 11 heteroatoms. The van der Waals surface area contributed by atoms with Crippen LogP contribution >= 0.6 is 0 Å². The molecular weight excluding hydrogens is 576 g/mol. The summed E-state index contributed by atoms with van der Waals surface area (Å²) in [4.78, 5) is 37.3. The first-order valence-electron chi connectivity index (χ1n) is 15.2. The van der Waals surface area contributed by atoms with Gasteiger partial charge in [0.1, 0.15) is 30.2 Å². The molecule has 44 heavy (non-hydrogen) atoms. The van der Waals surface area contributed by atoms with Crippen LogP contribution < -0.4 is 4.74 Å². The summed E-state index contributed by atoms with van der Waals surface area (Å²) in [6, 6.07) is 12.6. The van der Waals surface area contributed by atoms with Crippen LogP contribution in [0.2, 0.25) is 25.7 Å². The van der Waals surface area contributed by atoms with Gasteiger partial charge in [0, 0.05) is 51.8 Å². The number of nitrogens with zero attached hydrogens (tertiary/aromatic N) is 4. The lowest BCUT2D eigenvalue weighted by Crippen LogP contribution is -2.41. The molecule has 10 nitrogen and oxygen atoms in total. The number of benzene rings is 1. The molecule has 238 valence electrons. The normalized spacial score (nSPS) is 14.4. The van der Waals surface area contributed by atoms with Crippen molar-refractivity contribution in [1.82, 2.24) is 19.4 Å². The van der Waals surface area contributed by atoms with Gasteiger partial charge in [-0.05, 0) is 51.3 Å². The van der Waals surface area contributed by atoms with Gasteiger partial charge in [-0.15, -0.1) is 0 Å². The molecule has 2 aromatic heterocycles. The van der Waals surface area contributed by atoms with Gasteiger partial charge in [0.15, 0.2) is 11.6 Å². The summed E-state index contributed by atoms with van der Waals surface area (Å²) < 4.78 is 25.1. The highest BCUT2D eigenvalue weighted by Crippen LogP contribution is 2.37. The van der Waals surface area contributed by atoms with Gasteiger partial charge in [0.25, 0.3) is 0 Å². The van der Waals surface area contributed by atoms with Crippen LogP contribution in [0, 0.1) is 0 Å². The first kappa shape index (κ1) is 33.2. The van der Waals surface area contributed by atoms with E-state index in [1.165, 1.54) is 7.11 Å². The fraction of sp³-hybridized carbons (Fsp3) is 0.515. The molecule has 1 aliphatic heterocycles. The quantitative estimate of drug-likeness (QED) is 0.132. The SMILES string of the molecule is COC(=O)c1cc(C2CCN(C(=O)OC(C)(C)C)CC2)nc(-c2nccn2COCC[Si](C)(C)C)c1OCc1ccccc1. The lowest BCUT2D eigenvalue weighted by Gasteiger charge is -2.33. The average Bonchev–Trinajstić information content (AvgIpc) is 3.45. The second kappa shape index (κ2) is 14.4. The van der Waals surface area contributed by atoms with Crippen LogP contribution in [0.15, 0.2) is 48.8 Å². The zero-order valence-corrected chi connectivity index (χ0v) is 28.1. The smallest absolute Gasteiger partial charge is 0.410 e. The fourth-order valence-electron chi connectivity index (χ4n) is 4.91. The van der Waals surface area contributed by atoms with E-state index >= 15 is 0 Å². The van der Waals surface area contributed by atoms with Crippen molar-refractivity contribution >= 4 is 20.1 Å². The number of hydrogen-bond acceptors (Lipinski definition) is 8. The van der Waals surface area contributed by atoms with Crippen LogP contribution in [0.4, 0.5) is 4.79 Å². The summed E-state index contributed by atoms with van der Waals surface area (Å²) in [5, 5.41) is 0. The molecular formula is C33H46N4O6Si. The minimum atomic E-state index is -1.25. The Kier molecular flexibility index (Phi) is 10.9. The molecule has 0 atom stereocenters. The third-order valence-corrected chi connectivity index (χ3v) is 9.05. The highest BCUT2D eigenvalue weighted by molar-refractivity contribution is 6.76. The summed E-state index contributed by atoms with van der Waals surface area (Å²) in [7, 11) is 0.107. The van der Waals surface area contributed by atoms with Crippen molar-refractivity contribution < 1.29 is 28.5 Å². The Morgan fingerprint density at radius 2 is 1.77 bits per heavy atom. The number of methoxy groups -OCH3 is 1. The van der Waals surface area contributed by atoms with Gasteiger partial charge in [-0.1, -0.05) is 50.0 Å². The molecule has 3 aromatic rings. The van der Waals surface area contributed by atoms with E-state index in [2.05, 4.69) is 24.6 Å². The van der Waals surface area contributed by atoms with Crippen LogP contribution in [0.1, 0.15) is 61.1 Å². The Morgan fingerprint density at radius 1 is 1.07 bits per heavy atom. The lowest BCUT2D eigenvalue weighted by molar-refractivity contribution is 0.0204. The van der Waals surface area contributed by atoms with Crippen LogP contribution in [0.25, 0.3) is 11.5 Å². The largest absolute Gasteiger partial charge is 0.486 e. The zero-order chi connectivity index (χ0) is 31.9. The number of pyridine rings is 1. The van der Waals surface area contributed by atoms with Crippen molar-refractivity contribution in [2.24, 2.45) is 0 Å². The van der Waals surface area contributed by atoms with E-state index in [1.54, 1.807) is 17.2 Å². The van der Waals surface area contributed by atoms with Crippen LogP contribution in [-0.4, -0.2) is 72.0 Å². The van der Waals surface area contributed by atoms with E-state index in [0.29, 0.717) is 56.5 Å². The van der Waals surface area contributed by atoms with E-state index in [4.69, 9.17) is 23.9 Å². The van der Waals surface area contributed by atoms with Crippen molar-refractivity contribution in [2.45, 2.75) is 84.2 Å². The van der Waals surface area contributed by atoms with Crippen LogP contribution in [0.3, 0.4) is 0 Å². The third-order valence-electron chi connectivity index (χ3n) is 7.34. The zero-order valence-electron chi connectivity index (χ0n) is 27.1. The highest BCUT2D eigenvalue weighted by Gasteiger charge is 2.31. The summed E-state index contributed by atoms with van der Waals surface area (Å²) in [5.74, 6) is 0.341. The van der Waals surface area contributed by atoms with Gasteiger partial charge in [0.05, 0.1) is 7.11 Å². The lowest BCUT2D eigenvalue weighted by atomic mass is 9.92. The maximum atomic E-state index is 13.2. The van der Waals surface area contributed by atoms with Gasteiger partial charge < -0.3 is 28.4 Å². The van der Waals surface area contributed by atoms with Crippen LogP contribution in [0.5, 0.6) is 5.75 Å². The number of carbonyl (C=O) groups excluding carboxylic acids is 2. The minimum Gasteiger partial charge on any atom is -0.486 e. The molecule has 1 aromatic carbocycles. The number of carbonyl (C=O) groups is 2. The number of rotatable bonds is 11. The number of esters is 1. The van der Waals surface area contributed by atoms with E-state index in [1.807, 2.05) is 61.9 Å². The Morgan fingerprint density at radius 3 is 2.41 bits per heavy atom. The molecule has 4 rings (SSSR count). The third kappa shape index (κ3) is 9.15. The first-order chi connectivity index (χ1) is 20.8. The fourth-order valence-corrected chi connectivity index (χ4v) is 5.66. The summed E-state index contributed by atoms with van der Waals surface area (Å²) >= 11 is 0. The average molecular weight is 623 g/mol. The molecule has 1 aliphatic rings. The predicted octanol–water partition coefficient (Wildman–Crippen LogP) is 6.74. The van der Waals surface area contributed by atoms with Crippen LogP contribution in [-0.2, 0) is 27.5 Å². The molecule has 0 bridgehead atoms. The number of imidazole rings is 1. The number of likely N-dealkylation sites (tertiary alicyclic amines) is 1. The van der Waals surface area contributed by atoms with E-state index in [0.717, 1.165) is 17.3 Å². The first-order valence-corrected chi connectivity index (χ1v) is 18.9. The molecule has 0 N–H and O–H groups in total. The summed E-state index contributed by atoms with van der Waals surface area (Å²) in [5.41, 5.74) is 1.85. The number of aromatic nitrogens is 3. The standard InChI is InChI=1S/C33H46N4O6Si/c1-33(2,3)43-32(39)36-16-13-25(14-17-36)27-21-26(31(38)40-4)29(42-22-24-11-9-8-10-12-24)28(35-27)30-34-15-18-37(30)23-41-19-20-44(5,6)7/h8-12,15,18,21,25H,13-14,16-17,19-20,22-23H2,1-7H3. The number of amides is 1. The minimum absolute atomic E-state index is 0.00965. The topological polar surface area (TPSA) is 105 Å². The van der Waals surface area contributed by atoms with Gasteiger partial charge in [-0.25, -0.2) is 19.6 Å². The highest BCUT2D eigenvalue weighted by atomic mass is 28.3. The van der Waals surface area contributed by atoms with E-state index in [-0.39, 0.29) is 24.2 Å². The Bertz CT molecular complexity index is 1410. The summed E-state index contributed by atoms with van der Waals surface area (Å²) in [6.07, 6.45) is 4.57. The molecule has 1 amide bonds. The van der Waals surface area contributed by atoms with Crippen molar-refractivity contribution in [1.29, 1.82) is 0 Å². The molecule has 0 unspecified atom stereocenters. The molecule has 1 saturated heterocycles. The van der Waals surface area contributed by atoms with E-state index < -0.39 is 19.6 Å². The Balaban J connectivity index is 1.67. The van der Waals surface area contributed by atoms with Gasteiger partial charge in [-0.3, -0.25) is 0 Å². The number of ether oxygens (including phenoxy) is 4. The molecule has 1 fully saturated rings. The second-order valence-corrected chi connectivity index (χ2v) is 19.0. The molecule has 0 saturated carbocycles. The monoisotopic (exact) mass is 622 g/mol. The van der Waals surface area contributed by atoms with Crippen molar-refractivity contribution in [3.05, 3.63) is 65.6 Å². The molecule has 0 spiro atoms. The predicted molar refractivity (Wildman–Crippen MR) is 171 cm³/mol. The number of hydrogen-bond donors (Lipinski definition) is 0. The maximum Gasteiger partial charge on any atom is 0.410 e. The van der Waals surface area contributed by atoms with Crippen molar-refractivity contribution in [3.8, 4) is 17.3 Å². The number of piperidine rings is 1. The van der Waals surface area contributed by atoms with Crippen molar-refractivity contribution in [3.63, 3.8) is 0 Å². The molecule has 0 aliphatic carbocycles. The summed E-state index contributed by atoms with van der Waals surface area (Å²) in [6.45, 7) is 14.8. The Labute approximate surface area is 261 Å².